The van der Waals surface area contributed by atoms with E-state index in [0.717, 1.165) is 0 Å². The van der Waals surface area contributed by atoms with E-state index in [-0.39, 0.29) is 12.0 Å². The van der Waals surface area contributed by atoms with Crippen LogP contribution in [0.4, 0.5) is 36.8 Å². The van der Waals surface area contributed by atoms with Crippen molar-refractivity contribution in [3.05, 3.63) is 29.3 Å². The minimum Gasteiger partial charge on any atom is -0.325 e. The summed E-state index contributed by atoms with van der Waals surface area (Å²) < 4.78 is 77.3. The van der Waals surface area contributed by atoms with E-state index in [2.05, 4.69) is 5.32 Å². The number of carbonyl (C=O) groups excluding carboxylic acids is 3. The molecule has 0 radical (unpaired) electrons. The molecule has 6 nitrogen and oxygen atoms in total. The summed E-state index contributed by atoms with van der Waals surface area (Å²) in [5.74, 6) is -1.86. The van der Waals surface area contributed by atoms with Crippen LogP contribution in [0.3, 0.4) is 0 Å². The lowest BCUT2D eigenvalue weighted by Gasteiger charge is -2.21. The molecule has 12 heteroatoms. The Hall–Kier alpha value is -2.79. The number of carbonyl (C=O) groups is 3. The van der Waals surface area contributed by atoms with Gasteiger partial charge < -0.3 is 10.6 Å². The van der Waals surface area contributed by atoms with Crippen molar-refractivity contribution in [2.45, 2.75) is 37.7 Å². The van der Waals surface area contributed by atoms with Gasteiger partial charge in [0.05, 0.1) is 11.1 Å². The van der Waals surface area contributed by atoms with Gasteiger partial charge in [-0.05, 0) is 43.9 Å². The first-order chi connectivity index (χ1) is 13.2. The average Bonchev–Trinajstić information content (AvgIpc) is 3.39. The van der Waals surface area contributed by atoms with Gasteiger partial charge in [-0.15, -0.1) is 0 Å². The van der Waals surface area contributed by atoms with Crippen molar-refractivity contribution in [3.8, 4) is 0 Å². The molecule has 1 aromatic rings. The predicted octanol–water partition coefficient (Wildman–Crippen LogP) is 3.38. The Morgan fingerprint density at radius 3 is 2.07 bits per heavy atom. The van der Waals surface area contributed by atoms with Crippen LogP contribution in [-0.4, -0.2) is 34.8 Å². The van der Waals surface area contributed by atoms with Crippen LogP contribution in [-0.2, 0) is 21.9 Å². The first kappa shape index (κ1) is 20.9. The Balaban J connectivity index is 1.78. The molecular formula is C17H15F6N3O3. The molecular weight excluding hydrogens is 408 g/mol. The van der Waals surface area contributed by atoms with Crippen molar-refractivity contribution >= 4 is 23.5 Å². The zero-order valence-electron chi connectivity index (χ0n) is 14.9. The Morgan fingerprint density at radius 2 is 1.62 bits per heavy atom. The zero-order valence-corrected chi connectivity index (χ0v) is 14.9. The molecule has 29 heavy (non-hydrogen) atoms. The summed E-state index contributed by atoms with van der Waals surface area (Å²) in [6.07, 6.45) is -8.71. The predicted molar refractivity (Wildman–Crippen MR) is 86.4 cm³/mol. The highest BCUT2D eigenvalue weighted by Gasteiger charge is 2.56. The number of hydrogen-bond acceptors (Lipinski definition) is 3. The summed E-state index contributed by atoms with van der Waals surface area (Å²) in [5.41, 5.74) is -5.12. The number of hydrogen-bond donors (Lipinski definition) is 2. The number of urea groups is 1. The molecule has 4 amide bonds. The van der Waals surface area contributed by atoms with Crippen LogP contribution in [0.1, 0.15) is 30.9 Å². The summed E-state index contributed by atoms with van der Waals surface area (Å²) in [5, 5.41) is 4.37. The van der Waals surface area contributed by atoms with E-state index in [1.807, 2.05) is 5.32 Å². The minimum absolute atomic E-state index is 0.0752. The molecule has 0 aromatic heterocycles. The van der Waals surface area contributed by atoms with Crippen LogP contribution in [0.25, 0.3) is 0 Å². The van der Waals surface area contributed by atoms with Crippen LogP contribution < -0.4 is 10.6 Å². The molecule has 2 fully saturated rings. The minimum atomic E-state index is -5.07. The highest BCUT2D eigenvalue weighted by molar-refractivity contribution is 6.10. The van der Waals surface area contributed by atoms with Crippen molar-refractivity contribution in [2.75, 3.05) is 11.9 Å². The maximum atomic E-state index is 12.9. The van der Waals surface area contributed by atoms with Gasteiger partial charge >= 0.3 is 18.4 Å². The fourth-order valence-electron chi connectivity index (χ4n) is 3.17. The smallest absolute Gasteiger partial charge is 0.325 e. The van der Waals surface area contributed by atoms with E-state index in [1.165, 1.54) is 6.92 Å². The average molecular weight is 423 g/mol. The van der Waals surface area contributed by atoms with Crippen molar-refractivity contribution in [1.29, 1.82) is 0 Å². The molecule has 1 unspecified atom stereocenters. The van der Waals surface area contributed by atoms with Gasteiger partial charge in [-0.3, -0.25) is 14.5 Å². The number of amides is 4. The molecule has 1 aliphatic carbocycles. The highest BCUT2D eigenvalue weighted by Crippen LogP contribution is 2.42. The SMILES string of the molecule is CC1(C2CC2)NC(=O)N(CC(=O)Nc2cc(C(F)(F)F)cc(C(F)(F)F)c2)C1=O. The molecule has 3 rings (SSSR count). The van der Waals surface area contributed by atoms with Crippen LogP contribution in [0.2, 0.25) is 0 Å². The highest BCUT2D eigenvalue weighted by atomic mass is 19.4. The van der Waals surface area contributed by atoms with Gasteiger partial charge in [-0.2, -0.15) is 26.3 Å². The third-order valence-corrected chi connectivity index (χ3v) is 4.87. The molecule has 2 aliphatic rings. The van der Waals surface area contributed by atoms with Crippen molar-refractivity contribution in [2.24, 2.45) is 5.92 Å². The number of imide groups is 1. The number of nitrogens with one attached hydrogen (secondary N) is 2. The normalized spacial score (nSPS) is 22.7. The fourth-order valence-corrected chi connectivity index (χ4v) is 3.17. The summed E-state index contributed by atoms with van der Waals surface area (Å²) in [4.78, 5) is 37.2. The van der Waals surface area contributed by atoms with Crippen molar-refractivity contribution in [1.82, 2.24) is 10.2 Å². The number of anilines is 1. The Bertz CT molecular complexity index is 846. The number of nitrogens with zero attached hydrogens (tertiary/aromatic N) is 1. The Labute approximate surface area is 160 Å². The Morgan fingerprint density at radius 1 is 1.10 bits per heavy atom. The lowest BCUT2D eigenvalue weighted by atomic mass is 9.96. The van der Waals surface area contributed by atoms with Gasteiger partial charge in [0.15, 0.2) is 0 Å². The largest absolute Gasteiger partial charge is 0.416 e. The second-order valence-corrected chi connectivity index (χ2v) is 7.14. The third kappa shape index (κ3) is 4.15. The molecule has 2 N–H and O–H groups in total. The first-order valence-electron chi connectivity index (χ1n) is 8.45. The molecule has 1 aliphatic heterocycles. The van der Waals surface area contributed by atoms with Gasteiger partial charge in [-0.25, -0.2) is 4.79 Å². The van der Waals surface area contributed by atoms with Gasteiger partial charge in [-0.1, -0.05) is 0 Å². The monoisotopic (exact) mass is 423 g/mol. The van der Waals surface area contributed by atoms with Gasteiger partial charge in [0.25, 0.3) is 5.91 Å². The van der Waals surface area contributed by atoms with E-state index in [9.17, 15) is 40.7 Å². The van der Waals surface area contributed by atoms with E-state index >= 15 is 0 Å². The molecule has 158 valence electrons. The second kappa shape index (κ2) is 6.63. The fraction of sp³-hybridized carbons (Fsp3) is 0.471. The molecule has 1 atom stereocenters. The Kier molecular flexibility index (Phi) is 4.79. The van der Waals surface area contributed by atoms with Crippen molar-refractivity contribution in [3.63, 3.8) is 0 Å². The summed E-state index contributed by atoms with van der Waals surface area (Å²) in [6, 6.07) is -0.242. The van der Waals surface area contributed by atoms with Crippen molar-refractivity contribution < 1.29 is 40.7 Å². The first-order valence-corrected chi connectivity index (χ1v) is 8.45. The molecule has 1 saturated heterocycles. The summed E-state index contributed by atoms with van der Waals surface area (Å²) in [7, 11) is 0. The van der Waals surface area contributed by atoms with Gasteiger partial charge in [0.2, 0.25) is 5.91 Å². The third-order valence-electron chi connectivity index (χ3n) is 4.87. The molecule has 1 saturated carbocycles. The van der Waals surface area contributed by atoms with E-state index in [0.29, 0.717) is 29.9 Å². The van der Waals surface area contributed by atoms with E-state index < -0.39 is 59.1 Å². The number of halogens is 6. The number of alkyl halides is 6. The van der Waals surface area contributed by atoms with Crippen LogP contribution in [0.5, 0.6) is 0 Å². The van der Waals surface area contributed by atoms with E-state index in [1.54, 1.807) is 0 Å². The summed E-state index contributed by atoms with van der Waals surface area (Å²) >= 11 is 0. The van der Waals surface area contributed by atoms with Crippen LogP contribution >= 0.6 is 0 Å². The molecule has 1 heterocycles. The van der Waals surface area contributed by atoms with Crippen LogP contribution in [0.15, 0.2) is 18.2 Å². The maximum absolute atomic E-state index is 12.9. The zero-order chi connectivity index (χ0) is 21.8. The number of benzene rings is 1. The number of rotatable bonds is 4. The summed E-state index contributed by atoms with van der Waals surface area (Å²) in [6.45, 7) is 0.662. The molecule has 1 aromatic carbocycles. The van der Waals surface area contributed by atoms with Gasteiger partial charge in [0, 0.05) is 5.69 Å². The standard InChI is InChI=1S/C17H15F6N3O3/c1-15(8-2-3-8)13(28)26(14(29)25-15)7-12(27)24-11-5-9(16(18,19)20)4-10(6-11)17(21,22)23/h4-6,8H,2-3,7H2,1H3,(H,24,27)(H,25,29). The lowest BCUT2D eigenvalue weighted by Crippen LogP contribution is -2.46. The van der Waals surface area contributed by atoms with Gasteiger partial charge in [0.1, 0.15) is 12.1 Å². The molecule has 0 bridgehead atoms. The molecule has 0 spiro atoms. The van der Waals surface area contributed by atoms with E-state index in [4.69, 9.17) is 0 Å². The lowest BCUT2D eigenvalue weighted by molar-refractivity contribution is -0.143. The van der Waals surface area contributed by atoms with Crippen LogP contribution in [0, 0.1) is 5.92 Å². The quantitative estimate of drug-likeness (QED) is 0.576. The maximum Gasteiger partial charge on any atom is 0.416 e. The topological polar surface area (TPSA) is 78.5 Å². The second-order valence-electron chi connectivity index (χ2n) is 7.14.